The lowest BCUT2D eigenvalue weighted by Crippen LogP contribution is -2.17. The third-order valence-corrected chi connectivity index (χ3v) is 6.45. The zero-order chi connectivity index (χ0) is 21.9. The van der Waals surface area contributed by atoms with E-state index in [0.29, 0.717) is 36.2 Å². The molecule has 0 bridgehead atoms. The van der Waals surface area contributed by atoms with E-state index in [0.717, 1.165) is 16.8 Å². The van der Waals surface area contributed by atoms with Crippen LogP contribution in [0.25, 0.3) is 10.9 Å². The number of carbonyl (C=O) groups is 1. The summed E-state index contributed by atoms with van der Waals surface area (Å²) in [5, 5.41) is 4.12. The highest BCUT2D eigenvalue weighted by Gasteiger charge is 2.14. The second-order valence-corrected chi connectivity index (χ2v) is 8.84. The van der Waals surface area contributed by atoms with Crippen LogP contribution in [0.5, 0.6) is 11.5 Å². The molecule has 5 nitrogen and oxygen atoms in total. The Balaban J connectivity index is 1.29. The van der Waals surface area contributed by atoms with Crippen LogP contribution in [0.3, 0.4) is 0 Å². The van der Waals surface area contributed by atoms with Gasteiger partial charge >= 0.3 is 0 Å². The molecule has 1 N–H and O–H groups in total. The highest BCUT2D eigenvalue weighted by molar-refractivity contribution is 8.00. The zero-order valence-corrected chi connectivity index (χ0v) is 18.7. The second-order valence-electron chi connectivity index (χ2n) is 7.82. The van der Waals surface area contributed by atoms with E-state index in [1.54, 1.807) is 11.8 Å². The Morgan fingerprint density at radius 3 is 2.62 bits per heavy atom. The van der Waals surface area contributed by atoms with Crippen LogP contribution in [0.1, 0.15) is 11.1 Å². The van der Waals surface area contributed by atoms with Crippen molar-refractivity contribution in [2.24, 2.45) is 0 Å². The van der Waals surface area contributed by atoms with Gasteiger partial charge in [-0.25, -0.2) is 0 Å². The molecule has 6 heteroatoms. The molecule has 1 amide bonds. The van der Waals surface area contributed by atoms with Crippen molar-refractivity contribution in [3.63, 3.8) is 0 Å². The van der Waals surface area contributed by atoms with Gasteiger partial charge in [0.15, 0.2) is 11.5 Å². The number of nitrogens with zero attached hydrogens (tertiary/aromatic N) is 1. The summed E-state index contributed by atoms with van der Waals surface area (Å²) >= 11 is 1.55. The van der Waals surface area contributed by atoms with Crippen LogP contribution in [0.15, 0.2) is 77.8 Å². The largest absolute Gasteiger partial charge is 0.486 e. The van der Waals surface area contributed by atoms with Crippen LogP contribution in [0, 0.1) is 6.92 Å². The standard InChI is InChI=1S/C26H24N2O3S/c1-18-6-8-19(9-7-18)15-28-16-25(21-4-2-3-5-22(21)28)32-17-26(29)27-20-10-11-23-24(14-20)31-13-12-30-23/h2-11,14,16H,12-13,15,17H2,1H3,(H,27,29). The van der Waals surface area contributed by atoms with E-state index in [2.05, 4.69) is 65.5 Å². The van der Waals surface area contributed by atoms with Crippen LogP contribution in [-0.4, -0.2) is 29.4 Å². The average molecular weight is 445 g/mol. The van der Waals surface area contributed by atoms with Gasteiger partial charge in [0, 0.05) is 40.3 Å². The lowest BCUT2D eigenvalue weighted by molar-refractivity contribution is -0.113. The molecule has 0 radical (unpaired) electrons. The van der Waals surface area contributed by atoms with Crippen molar-refractivity contribution in [3.8, 4) is 11.5 Å². The first-order chi connectivity index (χ1) is 15.7. The minimum absolute atomic E-state index is 0.0537. The zero-order valence-electron chi connectivity index (χ0n) is 17.8. The Kier molecular flexibility index (Phi) is 5.77. The lowest BCUT2D eigenvalue weighted by Gasteiger charge is -2.19. The maximum absolute atomic E-state index is 12.6. The second kappa shape index (κ2) is 9.01. The number of para-hydroxylation sites is 1. The van der Waals surface area contributed by atoms with Crippen LogP contribution < -0.4 is 14.8 Å². The van der Waals surface area contributed by atoms with Gasteiger partial charge in [0.05, 0.1) is 5.75 Å². The smallest absolute Gasteiger partial charge is 0.234 e. The van der Waals surface area contributed by atoms with Gasteiger partial charge in [0.25, 0.3) is 0 Å². The molecular formula is C26H24N2O3S. The van der Waals surface area contributed by atoms with E-state index >= 15 is 0 Å². The minimum atomic E-state index is -0.0537. The van der Waals surface area contributed by atoms with Gasteiger partial charge in [-0.05, 0) is 30.7 Å². The van der Waals surface area contributed by atoms with Gasteiger partial charge in [0.1, 0.15) is 13.2 Å². The van der Waals surface area contributed by atoms with Crippen molar-refractivity contribution in [1.82, 2.24) is 4.57 Å². The normalized spacial score (nSPS) is 12.7. The molecule has 1 aliphatic rings. The Morgan fingerprint density at radius 1 is 1.00 bits per heavy atom. The van der Waals surface area contributed by atoms with Crippen LogP contribution in [0.4, 0.5) is 5.69 Å². The third kappa shape index (κ3) is 4.46. The number of carbonyl (C=O) groups excluding carboxylic acids is 1. The van der Waals surface area contributed by atoms with E-state index in [-0.39, 0.29) is 5.91 Å². The Hall–Kier alpha value is -3.38. The van der Waals surface area contributed by atoms with E-state index in [1.807, 2.05) is 24.3 Å². The number of anilines is 1. The molecule has 0 saturated carbocycles. The minimum Gasteiger partial charge on any atom is -0.486 e. The summed E-state index contributed by atoms with van der Waals surface area (Å²) in [5.41, 5.74) is 4.39. The molecule has 5 rings (SSSR count). The summed E-state index contributed by atoms with van der Waals surface area (Å²) in [4.78, 5) is 13.7. The molecule has 0 atom stereocenters. The molecule has 1 aromatic heterocycles. The average Bonchev–Trinajstić information content (AvgIpc) is 3.16. The topological polar surface area (TPSA) is 52.5 Å². The molecule has 0 saturated heterocycles. The van der Waals surface area contributed by atoms with E-state index in [4.69, 9.17) is 9.47 Å². The number of ether oxygens (including phenoxy) is 2. The fourth-order valence-electron chi connectivity index (χ4n) is 3.81. The Labute approximate surface area is 191 Å². The van der Waals surface area contributed by atoms with Crippen molar-refractivity contribution in [3.05, 3.63) is 84.1 Å². The van der Waals surface area contributed by atoms with Crippen molar-refractivity contribution in [2.45, 2.75) is 18.4 Å². The maximum Gasteiger partial charge on any atom is 0.234 e. The molecule has 1 aliphatic heterocycles. The SMILES string of the molecule is Cc1ccc(Cn2cc(SCC(=O)Nc3ccc4c(c3)OCCO4)c3ccccc32)cc1. The monoisotopic (exact) mass is 444 g/mol. The van der Waals surface area contributed by atoms with Crippen molar-refractivity contribution in [1.29, 1.82) is 0 Å². The Morgan fingerprint density at radius 2 is 1.78 bits per heavy atom. The summed E-state index contributed by atoms with van der Waals surface area (Å²) in [6.45, 7) is 3.96. The molecular weight excluding hydrogens is 420 g/mol. The molecule has 0 aliphatic carbocycles. The van der Waals surface area contributed by atoms with Gasteiger partial charge in [-0.1, -0.05) is 48.0 Å². The number of benzene rings is 3. The van der Waals surface area contributed by atoms with Gasteiger partial charge in [-0.2, -0.15) is 0 Å². The number of aryl methyl sites for hydroxylation is 1. The number of hydrogen-bond donors (Lipinski definition) is 1. The number of fused-ring (bicyclic) bond motifs is 2. The molecule has 0 spiro atoms. The van der Waals surface area contributed by atoms with E-state index in [1.165, 1.54) is 16.6 Å². The highest BCUT2D eigenvalue weighted by Crippen LogP contribution is 2.33. The first kappa shape index (κ1) is 20.5. The van der Waals surface area contributed by atoms with Gasteiger partial charge in [0.2, 0.25) is 5.91 Å². The van der Waals surface area contributed by atoms with Crippen molar-refractivity contribution >= 4 is 34.3 Å². The molecule has 162 valence electrons. The van der Waals surface area contributed by atoms with Crippen LogP contribution >= 0.6 is 11.8 Å². The fraction of sp³-hybridized carbons (Fsp3) is 0.192. The number of rotatable bonds is 6. The third-order valence-electron chi connectivity index (χ3n) is 5.41. The summed E-state index contributed by atoms with van der Waals surface area (Å²) in [6.07, 6.45) is 2.15. The molecule has 3 aromatic carbocycles. The summed E-state index contributed by atoms with van der Waals surface area (Å²) in [7, 11) is 0. The first-order valence-corrected chi connectivity index (χ1v) is 11.6. The summed E-state index contributed by atoms with van der Waals surface area (Å²) < 4.78 is 13.4. The number of nitrogens with one attached hydrogen (secondary N) is 1. The Bertz CT molecular complexity index is 1260. The summed E-state index contributed by atoms with van der Waals surface area (Å²) in [6, 6.07) is 22.4. The van der Waals surface area contributed by atoms with Crippen molar-refractivity contribution in [2.75, 3.05) is 24.3 Å². The number of aromatic nitrogens is 1. The van der Waals surface area contributed by atoms with Crippen LogP contribution in [-0.2, 0) is 11.3 Å². The predicted octanol–water partition coefficient (Wildman–Crippen LogP) is 5.50. The fourth-order valence-corrected chi connectivity index (χ4v) is 4.70. The number of hydrogen-bond acceptors (Lipinski definition) is 4. The highest BCUT2D eigenvalue weighted by atomic mass is 32.2. The van der Waals surface area contributed by atoms with Crippen LogP contribution in [0.2, 0.25) is 0 Å². The van der Waals surface area contributed by atoms with Crippen molar-refractivity contribution < 1.29 is 14.3 Å². The first-order valence-electron chi connectivity index (χ1n) is 10.6. The number of amides is 1. The van der Waals surface area contributed by atoms with E-state index < -0.39 is 0 Å². The van der Waals surface area contributed by atoms with Gasteiger partial charge < -0.3 is 19.4 Å². The lowest BCUT2D eigenvalue weighted by atomic mass is 10.1. The summed E-state index contributed by atoms with van der Waals surface area (Å²) in [5.74, 6) is 1.65. The van der Waals surface area contributed by atoms with E-state index in [9.17, 15) is 4.79 Å². The molecule has 32 heavy (non-hydrogen) atoms. The maximum atomic E-state index is 12.6. The molecule has 4 aromatic rings. The predicted molar refractivity (Wildman–Crippen MR) is 129 cm³/mol. The van der Waals surface area contributed by atoms with Gasteiger partial charge in [-0.15, -0.1) is 11.8 Å². The molecule has 0 unspecified atom stereocenters. The quantitative estimate of drug-likeness (QED) is 0.399. The molecule has 2 heterocycles. The van der Waals surface area contributed by atoms with Gasteiger partial charge in [-0.3, -0.25) is 4.79 Å². The number of thioether (sulfide) groups is 1. The molecule has 0 fully saturated rings.